The van der Waals surface area contributed by atoms with Crippen molar-refractivity contribution in [1.82, 2.24) is 10.2 Å². The van der Waals surface area contributed by atoms with Crippen LogP contribution in [0.2, 0.25) is 0 Å². The number of hydrogen-bond donors (Lipinski definition) is 2. The zero-order chi connectivity index (χ0) is 12.8. The summed E-state index contributed by atoms with van der Waals surface area (Å²) >= 11 is 0. The van der Waals surface area contributed by atoms with Crippen molar-refractivity contribution in [3.8, 4) is 0 Å². The molecular weight excluding hydrogens is 228 g/mol. The van der Waals surface area contributed by atoms with Crippen molar-refractivity contribution >= 4 is 17.8 Å². The van der Waals surface area contributed by atoms with E-state index in [-0.39, 0.29) is 31.4 Å². The normalized spacial score (nSPS) is 19.5. The summed E-state index contributed by atoms with van der Waals surface area (Å²) in [7, 11) is 1.42. The van der Waals surface area contributed by atoms with Crippen molar-refractivity contribution in [3.63, 3.8) is 0 Å². The Morgan fingerprint density at radius 2 is 2.29 bits per heavy atom. The number of carboxylic acids is 1. The second kappa shape index (κ2) is 6.19. The molecule has 1 rings (SSSR count). The molecule has 1 aliphatic heterocycles. The molecule has 0 aromatic rings. The van der Waals surface area contributed by atoms with Gasteiger partial charge in [0.15, 0.2) is 0 Å². The van der Waals surface area contributed by atoms with E-state index in [9.17, 15) is 14.4 Å². The highest BCUT2D eigenvalue weighted by Gasteiger charge is 2.33. The quantitative estimate of drug-likeness (QED) is 0.604. The van der Waals surface area contributed by atoms with Gasteiger partial charge in [0.2, 0.25) is 11.8 Å². The molecule has 0 saturated carbocycles. The van der Waals surface area contributed by atoms with Gasteiger partial charge >= 0.3 is 5.97 Å². The predicted octanol–water partition coefficient (Wildman–Crippen LogP) is -1.32. The van der Waals surface area contributed by atoms with E-state index in [1.807, 2.05) is 0 Å². The first-order valence-corrected chi connectivity index (χ1v) is 5.30. The van der Waals surface area contributed by atoms with Crippen LogP contribution in [0, 0.1) is 5.92 Å². The monoisotopic (exact) mass is 244 g/mol. The summed E-state index contributed by atoms with van der Waals surface area (Å²) in [5.41, 5.74) is 0. The Morgan fingerprint density at radius 1 is 1.59 bits per heavy atom. The van der Waals surface area contributed by atoms with Crippen LogP contribution in [-0.2, 0) is 19.1 Å². The SMILES string of the molecule is COCC(=O)NCCN1CC(C(=O)O)CC1=O. The van der Waals surface area contributed by atoms with Gasteiger partial charge in [-0.1, -0.05) is 0 Å². The number of amides is 2. The van der Waals surface area contributed by atoms with E-state index in [1.54, 1.807) is 0 Å². The van der Waals surface area contributed by atoms with Crippen molar-refractivity contribution in [2.45, 2.75) is 6.42 Å². The number of aliphatic carboxylic acids is 1. The molecule has 7 nitrogen and oxygen atoms in total. The fourth-order valence-electron chi connectivity index (χ4n) is 1.67. The molecule has 0 spiro atoms. The largest absolute Gasteiger partial charge is 0.481 e. The third-order valence-corrected chi connectivity index (χ3v) is 2.54. The van der Waals surface area contributed by atoms with Crippen molar-refractivity contribution in [1.29, 1.82) is 0 Å². The molecule has 1 fully saturated rings. The summed E-state index contributed by atoms with van der Waals surface area (Å²) in [5, 5.41) is 11.3. The number of likely N-dealkylation sites (tertiary alicyclic amines) is 1. The maximum absolute atomic E-state index is 11.4. The Hall–Kier alpha value is -1.63. The summed E-state index contributed by atoms with van der Waals surface area (Å²) in [6.07, 6.45) is 0.0430. The van der Waals surface area contributed by atoms with Crippen LogP contribution in [0.15, 0.2) is 0 Å². The molecule has 0 aliphatic carbocycles. The predicted molar refractivity (Wildman–Crippen MR) is 57.2 cm³/mol. The molecule has 0 bridgehead atoms. The Morgan fingerprint density at radius 3 is 2.82 bits per heavy atom. The third-order valence-electron chi connectivity index (χ3n) is 2.54. The molecule has 1 heterocycles. The highest BCUT2D eigenvalue weighted by molar-refractivity contribution is 5.86. The summed E-state index contributed by atoms with van der Waals surface area (Å²) in [6, 6.07) is 0. The van der Waals surface area contributed by atoms with E-state index in [4.69, 9.17) is 5.11 Å². The van der Waals surface area contributed by atoms with E-state index >= 15 is 0 Å². The molecule has 1 unspecified atom stereocenters. The third kappa shape index (κ3) is 4.03. The number of methoxy groups -OCH3 is 1. The maximum Gasteiger partial charge on any atom is 0.308 e. The van der Waals surface area contributed by atoms with E-state index in [1.165, 1.54) is 12.0 Å². The highest BCUT2D eigenvalue weighted by Crippen LogP contribution is 2.16. The van der Waals surface area contributed by atoms with Gasteiger partial charge in [0.05, 0.1) is 5.92 Å². The molecule has 7 heteroatoms. The fraction of sp³-hybridized carbons (Fsp3) is 0.700. The number of carbonyl (C=O) groups is 3. The van der Waals surface area contributed by atoms with Crippen LogP contribution in [0.4, 0.5) is 0 Å². The molecule has 2 amide bonds. The smallest absolute Gasteiger partial charge is 0.308 e. The van der Waals surface area contributed by atoms with Crippen molar-refractivity contribution in [2.75, 3.05) is 33.4 Å². The standard InChI is InChI=1S/C10H16N2O5/c1-17-6-8(13)11-2-3-12-5-7(10(15)16)4-9(12)14/h7H,2-6H2,1H3,(H,11,13)(H,15,16). The number of nitrogens with zero attached hydrogens (tertiary/aromatic N) is 1. The van der Waals surface area contributed by atoms with E-state index < -0.39 is 11.9 Å². The van der Waals surface area contributed by atoms with Crippen LogP contribution >= 0.6 is 0 Å². The first-order valence-electron chi connectivity index (χ1n) is 5.30. The number of carboxylic acid groups (broad SMARTS) is 1. The zero-order valence-corrected chi connectivity index (χ0v) is 9.64. The molecule has 2 N–H and O–H groups in total. The fourth-order valence-corrected chi connectivity index (χ4v) is 1.67. The average molecular weight is 244 g/mol. The Balaban J connectivity index is 2.26. The lowest BCUT2D eigenvalue weighted by atomic mass is 10.1. The second-order valence-corrected chi connectivity index (χ2v) is 3.86. The second-order valence-electron chi connectivity index (χ2n) is 3.86. The van der Waals surface area contributed by atoms with Crippen molar-refractivity contribution in [3.05, 3.63) is 0 Å². The van der Waals surface area contributed by atoms with E-state index in [0.29, 0.717) is 13.1 Å². The minimum atomic E-state index is -0.954. The van der Waals surface area contributed by atoms with Gasteiger partial charge in [-0.3, -0.25) is 14.4 Å². The van der Waals surface area contributed by atoms with Crippen LogP contribution in [-0.4, -0.2) is 61.1 Å². The van der Waals surface area contributed by atoms with Gasteiger partial charge in [-0.15, -0.1) is 0 Å². The average Bonchev–Trinajstić information content (AvgIpc) is 2.61. The molecule has 0 aromatic carbocycles. The summed E-state index contributed by atoms with van der Waals surface area (Å²) in [6.45, 7) is 0.832. The van der Waals surface area contributed by atoms with Crippen molar-refractivity contribution in [2.24, 2.45) is 5.92 Å². The van der Waals surface area contributed by atoms with Gasteiger partial charge < -0.3 is 20.1 Å². The van der Waals surface area contributed by atoms with Crippen LogP contribution < -0.4 is 5.32 Å². The Bertz CT molecular complexity index is 318. The summed E-state index contributed by atoms with van der Waals surface area (Å²) in [4.78, 5) is 34.6. The van der Waals surface area contributed by atoms with Crippen LogP contribution in [0.3, 0.4) is 0 Å². The van der Waals surface area contributed by atoms with E-state index in [0.717, 1.165) is 0 Å². The lowest BCUT2D eigenvalue weighted by Crippen LogP contribution is -2.37. The minimum absolute atomic E-state index is 0.0221. The first-order chi connectivity index (χ1) is 8.04. The number of rotatable bonds is 6. The van der Waals surface area contributed by atoms with Crippen LogP contribution in [0.5, 0.6) is 0 Å². The topological polar surface area (TPSA) is 95.9 Å². The Labute approximate surface area is 98.7 Å². The number of nitrogens with one attached hydrogen (secondary N) is 1. The van der Waals surface area contributed by atoms with E-state index in [2.05, 4.69) is 10.1 Å². The molecule has 96 valence electrons. The molecule has 0 radical (unpaired) electrons. The first kappa shape index (κ1) is 13.4. The lowest BCUT2D eigenvalue weighted by molar-refractivity contribution is -0.141. The molecule has 1 saturated heterocycles. The van der Waals surface area contributed by atoms with Gasteiger partial charge in [0, 0.05) is 33.2 Å². The van der Waals surface area contributed by atoms with Crippen LogP contribution in [0.1, 0.15) is 6.42 Å². The Kier molecular flexibility index (Phi) is 4.89. The number of carbonyl (C=O) groups excluding carboxylic acids is 2. The highest BCUT2D eigenvalue weighted by atomic mass is 16.5. The molecule has 17 heavy (non-hydrogen) atoms. The summed E-state index contributed by atoms with van der Waals surface area (Å²) in [5.74, 6) is -2.02. The molecule has 1 atom stereocenters. The number of hydrogen-bond acceptors (Lipinski definition) is 4. The van der Waals surface area contributed by atoms with Gasteiger partial charge in [-0.2, -0.15) is 0 Å². The molecular formula is C10H16N2O5. The maximum atomic E-state index is 11.4. The lowest BCUT2D eigenvalue weighted by Gasteiger charge is -2.16. The molecule has 0 aromatic heterocycles. The van der Waals surface area contributed by atoms with Gasteiger partial charge in [-0.05, 0) is 0 Å². The minimum Gasteiger partial charge on any atom is -0.481 e. The summed E-state index contributed by atoms with van der Waals surface area (Å²) < 4.78 is 4.63. The van der Waals surface area contributed by atoms with Gasteiger partial charge in [0.1, 0.15) is 6.61 Å². The van der Waals surface area contributed by atoms with Gasteiger partial charge in [-0.25, -0.2) is 0 Å². The van der Waals surface area contributed by atoms with Crippen molar-refractivity contribution < 1.29 is 24.2 Å². The van der Waals surface area contributed by atoms with Crippen LogP contribution in [0.25, 0.3) is 0 Å². The zero-order valence-electron chi connectivity index (χ0n) is 9.64. The van der Waals surface area contributed by atoms with Gasteiger partial charge in [0.25, 0.3) is 0 Å². The molecule has 1 aliphatic rings. The number of ether oxygens (including phenoxy) is 1.